The fourth-order valence-corrected chi connectivity index (χ4v) is 2.24. The lowest BCUT2D eigenvalue weighted by atomic mass is 10.2. The van der Waals surface area contributed by atoms with Gasteiger partial charge in [0.1, 0.15) is 18.2 Å². The number of rotatable bonds is 7. The quantitative estimate of drug-likeness (QED) is 0.564. The van der Waals surface area contributed by atoms with Crippen molar-refractivity contribution in [1.29, 1.82) is 0 Å². The lowest BCUT2D eigenvalue weighted by molar-refractivity contribution is -0.143. The van der Waals surface area contributed by atoms with Crippen molar-refractivity contribution in [1.82, 2.24) is 10.2 Å². The van der Waals surface area contributed by atoms with Crippen molar-refractivity contribution < 1.29 is 28.6 Å². The van der Waals surface area contributed by atoms with Crippen molar-refractivity contribution in [2.75, 3.05) is 13.7 Å². The number of nitrogens with zero attached hydrogens (tertiary/aromatic N) is 1. The second-order valence-electron chi connectivity index (χ2n) is 7.51. The minimum Gasteiger partial charge on any atom is -0.467 e. The van der Waals surface area contributed by atoms with E-state index >= 15 is 0 Å². The predicted octanol–water partition coefficient (Wildman–Crippen LogP) is 3.10. The third-order valence-corrected chi connectivity index (χ3v) is 3.62. The first kappa shape index (κ1) is 23.3. The van der Waals surface area contributed by atoms with Gasteiger partial charge in [-0.2, -0.15) is 0 Å². The number of hydrogen-bond donors (Lipinski definition) is 1. The van der Waals surface area contributed by atoms with Gasteiger partial charge in [0, 0.05) is 6.04 Å². The molecule has 0 heterocycles. The molecule has 1 atom stereocenters. The van der Waals surface area contributed by atoms with Crippen LogP contribution in [0.15, 0.2) is 30.3 Å². The molecule has 28 heavy (non-hydrogen) atoms. The van der Waals surface area contributed by atoms with Gasteiger partial charge in [0.15, 0.2) is 0 Å². The number of carbonyl (C=O) groups excluding carboxylic acids is 3. The zero-order valence-corrected chi connectivity index (χ0v) is 17.4. The Morgan fingerprint density at radius 1 is 1.11 bits per heavy atom. The Bertz CT molecular complexity index is 654. The van der Waals surface area contributed by atoms with Crippen LogP contribution >= 0.6 is 0 Å². The fraction of sp³-hybridized carbons (Fsp3) is 0.550. The Kier molecular flexibility index (Phi) is 8.76. The van der Waals surface area contributed by atoms with Gasteiger partial charge in [-0.05, 0) is 40.2 Å². The van der Waals surface area contributed by atoms with Crippen molar-refractivity contribution in [3.8, 4) is 0 Å². The molecule has 1 N–H and O–H groups in total. The number of benzene rings is 1. The highest BCUT2D eigenvalue weighted by Crippen LogP contribution is 2.13. The van der Waals surface area contributed by atoms with E-state index in [9.17, 15) is 14.4 Å². The van der Waals surface area contributed by atoms with E-state index in [4.69, 9.17) is 14.2 Å². The van der Waals surface area contributed by atoms with Crippen molar-refractivity contribution in [2.45, 2.75) is 58.9 Å². The SMILES string of the molecule is COC(=O)[C@H](CN(C(=O)OC(C)(C)C)C(C)C)NC(=O)OCc1ccccc1. The lowest BCUT2D eigenvalue weighted by Gasteiger charge is -2.32. The summed E-state index contributed by atoms with van der Waals surface area (Å²) in [6.07, 6.45) is -1.37. The molecule has 0 bridgehead atoms. The smallest absolute Gasteiger partial charge is 0.410 e. The summed E-state index contributed by atoms with van der Waals surface area (Å²) in [7, 11) is 1.21. The van der Waals surface area contributed by atoms with Gasteiger partial charge in [0.2, 0.25) is 0 Å². The van der Waals surface area contributed by atoms with E-state index in [2.05, 4.69) is 5.32 Å². The number of amides is 2. The van der Waals surface area contributed by atoms with Crippen LogP contribution in [0.4, 0.5) is 9.59 Å². The molecular formula is C20H30N2O6. The van der Waals surface area contributed by atoms with Gasteiger partial charge in [-0.25, -0.2) is 14.4 Å². The second kappa shape index (κ2) is 10.5. The van der Waals surface area contributed by atoms with Gasteiger partial charge in [0.05, 0.1) is 13.7 Å². The highest BCUT2D eigenvalue weighted by molar-refractivity contribution is 5.82. The molecule has 0 aliphatic rings. The lowest BCUT2D eigenvalue weighted by Crippen LogP contribution is -2.53. The number of hydrogen-bond acceptors (Lipinski definition) is 6. The first-order valence-corrected chi connectivity index (χ1v) is 9.08. The van der Waals surface area contributed by atoms with Gasteiger partial charge >= 0.3 is 18.2 Å². The van der Waals surface area contributed by atoms with Crippen molar-refractivity contribution >= 4 is 18.2 Å². The summed E-state index contributed by atoms with van der Waals surface area (Å²) < 4.78 is 15.3. The molecule has 0 radical (unpaired) electrons. The van der Waals surface area contributed by atoms with Crippen LogP contribution in [-0.2, 0) is 25.6 Å². The topological polar surface area (TPSA) is 94.2 Å². The summed E-state index contributed by atoms with van der Waals surface area (Å²) in [6, 6.07) is 7.79. The van der Waals surface area contributed by atoms with Crippen molar-refractivity contribution in [2.24, 2.45) is 0 Å². The van der Waals surface area contributed by atoms with Crippen LogP contribution in [0, 0.1) is 0 Å². The van der Waals surface area contributed by atoms with Gasteiger partial charge in [-0.1, -0.05) is 30.3 Å². The maximum atomic E-state index is 12.5. The van der Waals surface area contributed by atoms with Crippen LogP contribution in [0.25, 0.3) is 0 Å². The minimum atomic E-state index is -1.09. The second-order valence-corrected chi connectivity index (χ2v) is 7.51. The van der Waals surface area contributed by atoms with E-state index in [0.29, 0.717) is 0 Å². The van der Waals surface area contributed by atoms with E-state index in [0.717, 1.165) is 5.56 Å². The molecule has 0 fully saturated rings. The van der Waals surface area contributed by atoms with Crippen molar-refractivity contribution in [3.63, 3.8) is 0 Å². The molecule has 0 saturated heterocycles. The highest BCUT2D eigenvalue weighted by atomic mass is 16.6. The van der Waals surface area contributed by atoms with E-state index in [1.54, 1.807) is 34.6 Å². The Morgan fingerprint density at radius 3 is 2.21 bits per heavy atom. The summed E-state index contributed by atoms with van der Waals surface area (Å²) in [5, 5.41) is 2.46. The molecule has 0 saturated carbocycles. The number of alkyl carbamates (subject to hydrolysis) is 1. The standard InChI is InChI=1S/C20H30N2O6/c1-14(2)22(19(25)28-20(3,4)5)12-16(17(23)26-6)21-18(24)27-13-15-10-8-7-9-11-15/h7-11,14,16H,12-13H2,1-6H3,(H,21,24)/t16-/m0/s1. The normalized spacial score (nSPS) is 12.1. The van der Waals surface area contributed by atoms with Crippen LogP contribution in [0.3, 0.4) is 0 Å². The van der Waals surface area contributed by atoms with Gasteiger partial charge < -0.3 is 24.4 Å². The third kappa shape index (κ3) is 8.28. The summed E-state index contributed by atoms with van der Waals surface area (Å²) in [5.41, 5.74) is 0.123. The monoisotopic (exact) mass is 394 g/mol. The zero-order chi connectivity index (χ0) is 21.3. The number of esters is 1. The molecule has 0 aliphatic heterocycles. The van der Waals surface area contributed by atoms with Crippen LogP contribution in [0.1, 0.15) is 40.2 Å². The van der Waals surface area contributed by atoms with Crippen LogP contribution in [0.2, 0.25) is 0 Å². The van der Waals surface area contributed by atoms with Crippen LogP contribution in [-0.4, -0.2) is 54.4 Å². The number of carbonyl (C=O) groups is 3. The average molecular weight is 394 g/mol. The van der Waals surface area contributed by atoms with Crippen LogP contribution in [0.5, 0.6) is 0 Å². The van der Waals surface area contributed by atoms with E-state index in [1.165, 1.54) is 12.0 Å². The molecule has 1 aromatic carbocycles. The number of ether oxygens (including phenoxy) is 3. The summed E-state index contributed by atoms with van der Waals surface area (Å²) in [4.78, 5) is 38.0. The van der Waals surface area contributed by atoms with Crippen LogP contribution < -0.4 is 5.32 Å². The summed E-state index contributed by atoms with van der Waals surface area (Å²) in [5.74, 6) is -0.689. The summed E-state index contributed by atoms with van der Waals surface area (Å²) >= 11 is 0. The van der Waals surface area contributed by atoms with E-state index in [-0.39, 0.29) is 19.2 Å². The van der Waals surface area contributed by atoms with Gasteiger partial charge in [-0.15, -0.1) is 0 Å². The number of nitrogens with one attached hydrogen (secondary N) is 1. The molecule has 8 nitrogen and oxygen atoms in total. The number of methoxy groups -OCH3 is 1. The average Bonchev–Trinajstić information content (AvgIpc) is 2.61. The maximum absolute atomic E-state index is 12.5. The van der Waals surface area contributed by atoms with E-state index in [1.807, 2.05) is 30.3 Å². The highest BCUT2D eigenvalue weighted by Gasteiger charge is 2.31. The predicted molar refractivity (Wildman–Crippen MR) is 104 cm³/mol. The molecular weight excluding hydrogens is 364 g/mol. The molecule has 2 amide bonds. The third-order valence-electron chi connectivity index (χ3n) is 3.62. The molecule has 1 rings (SSSR count). The Balaban J connectivity index is 2.78. The Hall–Kier alpha value is -2.77. The zero-order valence-electron chi connectivity index (χ0n) is 17.4. The molecule has 0 spiro atoms. The van der Waals surface area contributed by atoms with Gasteiger partial charge in [-0.3, -0.25) is 0 Å². The largest absolute Gasteiger partial charge is 0.467 e. The Labute approximate surface area is 166 Å². The Morgan fingerprint density at radius 2 is 1.71 bits per heavy atom. The first-order valence-electron chi connectivity index (χ1n) is 9.08. The molecule has 0 unspecified atom stereocenters. The fourth-order valence-electron chi connectivity index (χ4n) is 2.24. The molecule has 0 aromatic heterocycles. The van der Waals surface area contributed by atoms with Gasteiger partial charge in [0.25, 0.3) is 0 Å². The summed E-state index contributed by atoms with van der Waals surface area (Å²) in [6.45, 7) is 8.76. The molecule has 1 aromatic rings. The van der Waals surface area contributed by atoms with E-state index < -0.39 is 29.8 Å². The first-order chi connectivity index (χ1) is 13.0. The molecule has 8 heteroatoms. The molecule has 0 aliphatic carbocycles. The molecule has 156 valence electrons. The maximum Gasteiger partial charge on any atom is 0.410 e. The van der Waals surface area contributed by atoms with Crippen molar-refractivity contribution in [3.05, 3.63) is 35.9 Å². The minimum absolute atomic E-state index is 0.0561.